The molecule has 1 N–H and O–H groups in total. The Morgan fingerprint density at radius 3 is 2.36 bits per heavy atom. The smallest absolute Gasteiger partial charge is 0.239 e. The largest absolute Gasteiger partial charge is 0.324 e. The van der Waals surface area contributed by atoms with E-state index < -0.39 is 0 Å². The van der Waals surface area contributed by atoms with E-state index in [-0.39, 0.29) is 11.8 Å². The maximum atomic E-state index is 11.0. The molecule has 0 fully saturated rings. The summed E-state index contributed by atoms with van der Waals surface area (Å²) in [7, 11) is 0. The summed E-state index contributed by atoms with van der Waals surface area (Å²) in [5.41, 5.74) is 0.686. The van der Waals surface area contributed by atoms with Crippen LogP contribution in [-0.2, 0) is 4.79 Å². The van der Waals surface area contributed by atoms with E-state index in [0.29, 0.717) is 5.69 Å². The van der Waals surface area contributed by atoms with Gasteiger partial charge in [0.1, 0.15) is 5.88 Å². The van der Waals surface area contributed by atoms with Crippen LogP contribution in [0.4, 0.5) is 5.69 Å². The van der Waals surface area contributed by atoms with Gasteiger partial charge < -0.3 is 5.32 Å². The molecule has 1 rings (SSSR count). The fourth-order valence-corrected chi connectivity index (χ4v) is 2.31. The second-order valence-corrected chi connectivity index (χ2v) is 5.26. The summed E-state index contributed by atoms with van der Waals surface area (Å²) in [6.07, 6.45) is 0. The normalized spacial score (nSPS) is 10.0. The molecule has 0 aromatic heterocycles. The second-order valence-electron chi connectivity index (χ2n) is 2.43. The fraction of sp³-hybridized carbons (Fsp3) is 0.125. The quantitative estimate of drug-likeness (QED) is 0.580. The lowest BCUT2D eigenvalue weighted by Crippen LogP contribution is -2.12. The van der Waals surface area contributed by atoms with Crippen molar-refractivity contribution < 1.29 is 4.79 Å². The third-order valence-electron chi connectivity index (χ3n) is 1.41. The number of hydrogen-bond acceptors (Lipinski definition) is 1. The first-order valence-electron chi connectivity index (χ1n) is 3.55. The van der Waals surface area contributed by atoms with Gasteiger partial charge in [-0.1, -0.05) is 0 Å². The molecular weight excluding hydrogens is 401 g/mol. The van der Waals surface area contributed by atoms with E-state index in [1.54, 1.807) is 6.07 Å². The summed E-state index contributed by atoms with van der Waals surface area (Å²) >= 11 is 15.4. The standard InChI is InChI=1S/C8H5Br3ClNO/c9-4-1-6(11)7(2-5(4)10)13-8(14)3-12/h1-2H,3H2,(H,13,14). The molecule has 0 aliphatic rings. The van der Waals surface area contributed by atoms with Gasteiger partial charge in [-0.2, -0.15) is 0 Å². The Morgan fingerprint density at radius 1 is 1.21 bits per heavy atom. The average Bonchev–Trinajstić information content (AvgIpc) is 2.14. The van der Waals surface area contributed by atoms with Crippen LogP contribution in [0.1, 0.15) is 0 Å². The van der Waals surface area contributed by atoms with Gasteiger partial charge in [-0.3, -0.25) is 4.79 Å². The van der Waals surface area contributed by atoms with Crippen molar-refractivity contribution in [2.24, 2.45) is 0 Å². The molecule has 0 saturated carbocycles. The van der Waals surface area contributed by atoms with E-state index in [9.17, 15) is 4.79 Å². The van der Waals surface area contributed by atoms with Gasteiger partial charge in [0.15, 0.2) is 0 Å². The lowest BCUT2D eigenvalue weighted by molar-refractivity contribution is -0.113. The Morgan fingerprint density at radius 2 is 1.79 bits per heavy atom. The second kappa shape index (κ2) is 5.49. The van der Waals surface area contributed by atoms with Crippen molar-refractivity contribution in [3.8, 4) is 0 Å². The Labute approximate surface area is 112 Å². The summed E-state index contributed by atoms with van der Waals surface area (Å²) in [6, 6.07) is 3.63. The minimum atomic E-state index is -0.235. The zero-order valence-corrected chi connectivity index (χ0v) is 12.3. The molecule has 0 aliphatic heterocycles. The molecule has 1 aromatic carbocycles. The molecule has 0 bridgehead atoms. The number of amides is 1. The van der Waals surface area contributed by atoms with Gasteiger partial charge in [0.25, 0.3) is 0 Å². The van der Waals surface area contributed by atoms with Gasteiger partial charge in [-0.15, -0.1) is 11.6 Å². The third kappa shape index (κ3) is 3.22. The zero-order valence-electron chi connectivity index (χ0n) is 6.78. The maximum absolute atomic E-state index is 11.0. The summed E-state index contributed by atoms with van der Waals surface area (Å²) in [5.74, 6) is -0.290. The number of carbonyl (C=O) groups is 1. The van der Waals surface area contributed by atoms with Crippen molar-refractivity contribution in [3.63, 3.8) is 0 Å². The molecule has 0 aliphatic carbocycles. The lowest BCUT2D eigenvalue weighted by atomic mass is 10.3. The average molecular weight is 406 g/mol. The minimum Gasteiger partial charge on any atom is -0.324 e. The summed E-state index contributed by atoms with van der Waals surface area (Å²) < 4.78 is 2.57. The van der Waals surface area contributed by atoms with Gasteiger partial charge >= 0.3 is 0 Å². The van der Waals surface area contributed by atoms with Crippen LogP contribution in [0.3, 0.4) is 0 Å². The van der Waals surface area contributed by atoms with Crippen molar-refractivity contribution in [1.29, 1.82) is 0 Å². The summed E-state index contributed by atoms with van der Waals surface area (Å²) in [5, 5.41) is 2.66. The number of benzene rings is 1. The number of rotatable bonds is 2. The predicted octanol–water partition coefficient (Wildman–Crippen LogP) is 4.15. The van der Waals surface area contributed by atoms with Crippen molar-refractivity contribution >= 4 is 71.0 Å². The van der Waals surface area contributed by atoms with Crippen LogP contribution >= 0.6 is 59.4 Å². The molecule has 1 amide bonds. The number of anilines is 1. The predicted molar refractivity (Wildman–Crippen MR) is 68.9 cm³/mol. The highest BCUT2D eigenvalue weighted by Crippen LogP contribution is 2.32. The molecule has 0 atom stereocenters. The molecule has 76 valence electrons. The highest BCUT2D eigenvalue weighted by molar-refractivity contribution is 9.13. The van der Waals surface area contributed by atoms with Crippen LogP contribution in [0.5, 0.6) is 0 Å². The highest BCUT2D eigenvalue weighted by Gasteiger charge is 2.07. The zero-order chi connectivity index (χ0) is 10.7. The van der Waals surface area contributed by atoms with Crippen LogP contribution in [-0.4, -0.2) is 11.8 Å². The molecule has 14 heavy (non-hydrogen) atoms. The van der Waals surface area contributed by atoms with Crippen molar-refractivity contribution in [2.75, 3.05) is 11.2 Å². The number of carbonyl (C=O) groups excluding carboxylic acids is 1. The van der Waals surface area contributed by atoms with E-state index in [1.807, 2.05) is 6.07 Å². The van der Waals surface area contributed by atoms with Gasteiger partial charge in [0.2, 0.25) is 5.91 Å². The topological polar surface area (TPSA) is 29.1 Å². The molecule has 2 nitrogen and oxygen atoms in total. The molecule has 0 saturated heterocycles. The molecule has 1 aromatic rings. The van der Waals surface area contributed by atoms with E-state index in [0.717, 1.165) is 13.4 Å². The monoisotopic (exact) mass is 403 g/mol. The highest BCUT2D eigenvalue weighted by atomic mass is 79.9. The van der Waals surface area contributed by atoms with Gasteiger partial charge in [-0.05, 0) is 59.9 Å². The first-order valence-corrected chi connectivity index (χ1v) is 6.46. The third-order valence-corrected chi connectivity index (χ3v) is 4.15. The molecule has 0 heterocycles. The van der Waals surface area contributed by atoms with Crippen LogP contribution in [0.2, 0.25) is 0 Å². The van der Waals surface area contributed by atoms with Crippen molar-refractivity contribution in [2.45, 2.75) is 0 Å². The fourth-order valence-electron chi connectivity index (χ4n) is 0.802. The molecular formula is C8H5Br3ClNO. The minimum absolute atomic E-state index is 0.0554. The Bertz CT molecular complexity index is 370. The van der Waals surface area contributed by atoms with Gasteiger partial charge in [0.05, 0.1) is 5.69 Å². The Kier molecular flexibility index (Phi) is 4.90. The molecule has 0 radical (unpaired) electrons. The number of hydrogen-bond donors (Lipinski definition) is 1. The number of alkyl halides is 1. The number of nitrogens with one attached hydrogen (secondary N) is 1. The SMILES string of the molecule is O=C(CCl)Nc1cc(Br)c(Br)cc1Br. The Hall–Kier alpha value is 0.420. The molecule has 6 heteroatoms. The van der Waals surface area contributed by atoms with Crippen LogP contribution in [0.25, 0.3) is 0 Å². The van der Waals surface area contributed by atoms with Crippen LogP contribution < -0.4 is 5.32 Å². The molecule has 0 spiro atoms. The van der Waals surface area contributed by atoms with E-state index >= 15 is 0 Å². The molecule has 0 unspecified atom stereocenters. The van der Waals surface area contributed by atoms with E-state index in [2.05, 4.69) is 53.1 Å². The number of halogens is 4. The lowest BCUT2D eigenvalue weighted by Gasteiger charge is -2.07. The first kappa shape index (κ1) is 12.5. The van der Waals surface area contributed by atoms with E-state index in [4.69, 9.17) is 11.6 Å². The van der Waals surface area contributed by atoms with E-state index in [1.165, 1.54) is 0 Å². The van der Waals surface area contributed by atoms with Crippen molar-refractivity contribution in [1.82, 2.24) is 0 Å². The Balaban J connectivity index is 2.98. The van der Waals surface area contributed by atoms with Crippen LogP contribution in [0, 0.1) is 0 Å². The first-order chi connectivity index (χ1) is 6.54. The van der Waals surface area contributed by atoms with Crippen molar-refractivity contribution in [3.05, 3.63) is 25.6 Å². The summed E-state index contributed by atoms with van der Waals surface area (Å²) in [6.45, 7) is 0. The van der Waals surface area contributed by atoms with Crippen LogP contribution in [0.15, 0.2) is 25.6 Å². The van der Waals surface area contributed by atoms with Gasteiger partial charge in [0, 0.05) is 13.4 Å². The summed E-state index contributed by atoms with van der Waals surface area (Å²) in [4.78, 5) is 11.0. The van der Waals surface area contributed by atoms with Gasteiger partial charge in [-0.25, -0.2) is 0 Å². The maximum Gasteiger partial charge on any atom is 0.239 e.